The lowest BCUT2D eigenvalue weighted by atomic mass is 10.2. The van der Waals surface area contributed by atoms with E-state index in [1.54, 1.807) is 0 Å². The maximum absolute atomic E-state index is 12.2. The van der Waals surface area contributed by atoms with Crippen molar-refractivity contribution in [2.24, 2.45) is 0 Å². The Morgan fingerprint density at radius 3 is 2.83 bits per heavy atom. The summed E-state index contributed by atoms with van der Waals surface area (Å²) >= 11 is 1.47. The molecule has 0 aliphatic carbocycles. The van der Waals surface area contributed by atoms with Gasteiger partial charge < -0.3 is 9.64 Å². The van der Waals surface area contributed by atoms with Crippen LogP contribution in [-0.2, 0) is 13.0 Å². The largest absolute Gasteiger partial charge is 0.435 e. The van der Waals surface area contributed by atoms with Crippen LogP contribution in [0.4, 0.5) is 13.9 Å². The van der Waals surface area contributed by atoms with E-state index in [9.17, 15) is 13.6 Å². The van der Waals surface area contributed by atoms with Gasteiger partial charge in [-0.3, -0.25) is 10.1 Å². The summed E-state index contributed by atoms with van der Waals surface area (Å²) in [4.78, 5) is 20.0. The highest BCUT2D eigenvalue weighted by Crippen LogP contribution is 2.28. The SMILES string of the molecule is CN1CCc2nc(NC(=O)c3ccc(OC(F)F)cc3)sc2C1. The van der Waals surface area contributed by atoms with Gasteiger partial charge in [0.1, 0.15) is 5.75 Å². The van der Waals surface area contributed by atoms with Crippen LogP contribution in [0.1, 0.15) is 20.9 Å². The first-order valence-electron chi connectivity index (χ1n) is 7.04. The minimum absolute atomic E-state index is 0.0179. The molecule has 0 fully saturated rings. The van der Waals surface area contributed by atoms with Crippen molar-refractivity contribution in [3.8, 4) is 5.75 Å². The molecule has 0 spiro atoms. The van der Waals surface area contributed by atoms with Crippen LogP contribution >= 0.6 is 11.3 Å². The second kappa shape index (κ2) is 6.59. The molecule has 23 heavy (non-hydrogen) atoms. The van der Waals surface area contributed by atoms with Crippen molar-refractivity contribution < 1.29 is 18.3 Å². The van der Waals surface area contributed by atoms with Crippen LogP contribution < -0.4 is 10.1 Å². The lowest BCUT2D eigenvalue weighted by molar-refractivity contribution is -0.0498. The zero-order chi connectivity index (χ0) is 16.4. The van der Waals surface area contributed by atoms with Gasteiger partial charge >= 0.3 is 6.61 Å². The number of amides is 1. The van der Waals surface area contributed by atoms with E-state index in [4.69, 9.17) is 0 Å². The van der Waals surface area contributed by atoms with Crippen LogP contribution in [0, 0.1) is 0 Å². The summed E-state index contributed by atoms with van der Waals surface area (Å²) in [5.41, 5.74) is 1.39. The highest BCUT2D eigenvalue weighted by atomic mass is 32.1. The number of fused-ring (bicyclic) bond motifs is 1. The lowest BCUT2D eigenvalue weighted by Crippen LogP contribution is -2.25. The second-order valence-electron chi connectivity index (χ2n) is 5.23. The van der Waals surface area contributed by atoms with Crippen LogP contribution in [0.15, 0.2) is 24.3 Å². The summed E-state index contributed by atoms with van der Waals surface area (Å²) in [6.45, 7) is -1.09. The summed E-state index contributed by atoms with van der Waals surface area (Å²) in [5, 5.41) is 3.31. The second-order valence-corrected chi connectivity index (χ2v) is 6.32. The number of hydrogen-bond acceptors (Lipinski definition) is 5. The molecule has 1 aliphatic heterocycles. The highest BCUT2D eigenvalue weighted by molar-refractivity contribution is 7.15. The normalized spacial score (nSPS) is 14.6. The van der Waals surface area contributed by atoms with Gasteiger partial charge in [0.05, 0.1) is 5.69 Å². The molecule has 2 aromatic rings. The molecule has 3 rings (SSSR count). The molecule has 0 bridgehead atoms. The lowest BCUT2D eigenvalue weighted by Gasteiger charge is -2.20. The Labute approximate surface area is 135 Å². The summed E-state index contributed by atoms with van der Waals surface area (Å²) in [5.74, 6) is -0.308. The van der Waals surface area contributed by atoms with Crippen molar-refractivity contribution in [1.82, 2.24) is 9.88 Å². The van der Waals surface area contributed by atoms with Crippen molar-refractivity contribution in [2.45, 2.75) is 19.6 Å². The number of benzene rings is 1. The number of ether oxygens (including phenoxy) is 1. The first kappa shape index (κ1) is 15.8. The van der Waals surface area contributed by atoms with E-state index in [1.807, 2.05) is 7.05 Å². The predicted octanol–water partition coefficient (Wildman–Crippen LogP) is 2.98. The number of rotatable bonds is 4. The van der Waals surface area contributed by atoms with Gasteiger partial charge in [0.25, 0.3) is 5.91 Å². The number of thiazole rings is 1. The van der Waals surface area contributed by atoms with Crippen LogP contribution in [0.5, 0.6) is 5.75 Å². The summed E-state index contributed by atoms with van der Waals surface area (Å²) in [7, 11) is 2.05. The number of halogens is 2. The van der Waals surface area contributed by atoms with Crippen LogP contribution in [0.3, 0.4) is 0 Å². The van der Waals surface area contributed by atoms with E-state index < -0.39 is 6.61 Å². The van der Waals surface area contributed by atoms with Gasteiger partial charge in [-0.2, -0.15) is 8.78 Å². The quantitative estimate of drug-likeness (QED) is 0.930. The van der Waals surface area contributed by atoms with E-state index >= 15 is 0 Å². The molecule has 2 heterocycles. The highest BCUT2D eigenvalue weighted by Gasteiger charge is 2.19. The fourth-order valence-corrected chi connectivity index (χ4v) is 3.42. The van der Waals surface area contributed by atoms with Crippen molar-refractivity contribution in [2.75, 3.05) is 18.9 Å². The van der Waals surface area contributed by atoms with Crippen molar-refractivity contribution >= 4 is 22.4 Å². The predicted molar refractivity (Wildman–Crippen MR) is 83.2 cm³/mol. The number of aromatic nitrogens is 1. The standard InChI is InChI=1S/C15H15F2N3O2S/c1-20-7-6-11-12(8-20)23-15(18-11)19-13(21)9-2-4-10(5-3-9)22-14(16)17/h2-5,14H,6-8H2,1H3,(H,18,19,21). The number of carbonyl (C=O) groups is 1. The first-order valence-corrected chi connectivity index (χ1v) is 7.86. The third-order valence-electron chi connectivity index (χ3n) is 3.48. The maximum atomic E-state index is 12.2. The maximum Gasteiger partial charge on any atom is 0.387 e. The number of hydrogen-bond donors (Lipinski definition) is 1. The van der Waals surface area contributed by atoms with Gasteiger partial charge in [0, 0.05) is 30.0 Å². The molecular formula is C15H15F2N3O2S. The average Bonchev–Trinajstić information content (AvgIpc) is 2.88. The number of anilines is 1. The van der Waals surface area contributed by atoms with Gasteiger partial charge in [-0.05, 0) is 31.3 Å². The summed E-state index contributed by atoms with van der Waals surface area (Å²) in [6.07, 6.45) is 0.873. The molecule has 0 radical (unpaired) electrons. The Hall–Kier alpha value is -2.06. The van der Waals surface area contributed by atoms with Gasteiger partial charge in [-0.1, -0.05) is 0 Å². The average molecular weight is 339 g/mol. The van der Waals surface area contributed by atoms with Gasteiger partial charge in [0.15, 0.2) is 5.13 Å². The molecule has 0 saturated heterocycles. The molecule has 1 N–H and O–H groups in total. The molecule has 122 valence electrons. The molecular weight excluding hydrogens is 324 g/mol. The molecule has 5 nitrogen and oxygen atoms in total. The van der Waals surface area contributed by atoms with E-state index in [0.717, 1.165) is 30.1 Å². The molecule has 0 unspecified atom stereocenters. The van der Waals surface area contributed by atoms with Crippen molar-refractivity contribution in [3.63, 3.8) is 0 Å². The Morgan fingerprint density at radius 1 is 1.39 bits per heavy atom. The van der Waals surface area contributed by atoms with Crippen molar-refractivity contribution in [1.29, 1.82) is 0 Å². The number of likely N-dealkylation sites (N-methyl/N-ethyl adjacent to an activating group) is 1. The molecule has 1 aliphatic rings. The number of nitrogens with zero attached hydrogens (tertiary/aromatic N) is 2. The molecule has 1 aromatic carbocycles. The van der Waals surface area contributed by atoms with E-state index in [-0.39, 0.29) is 11.7 Å². The zero-order valence-corrected chi connectivity index (χ0v) is 13.2. The smallest absolute Gasteiger partial charge is 0.387 e. The van der Waals surface area contributed by atoms with Crippen LogP contribution in [-0.4, -0.2) is 36.0 Å². The monoisotopic (exact) mass is 339 g/mol. The summed E-state index contributed by atoms with van der Waals surface area (Å²) in [6, 6.07) is 5.55. The van der Waals surface area contributed by atoms with Gasteiger partial charge in [-0.25, -0.2) is 4.98 Å². The topological polar surface area (TPSA) is 54.5 Å². The Kier molecular flexibility index (Phi) is 4.53. The molecule has 1 amide bonds. The Morgan fingerprint density at radius 2 is 2.13 bits per heavy atom. The van der Waals surface area contributed by atoms with Gasteiger partial charge in [0.2, 0.25) is 0 Å². The zero-order valence-electron chi connectivity index (χ0n) is 12.4. The van der Waals surface area contributed by atoms with Crippen molar-refractivity contribution in [3.05, 3.63) is 40.4 Å². The number of carbonyl (C=O) groups excluding carboxylic acids is 1. The minimum Gasteiger partial charge on any atom is -0.435 e. The van der Waals surface area contributed by atoms with Crippen LogP contribution in [0.25, 0.3) is 0 Å². The third-order valence-corrected chi connectivity index (χ3v) is 4.48. The fraction of sp³-hybridized carbons (Fsp3) is 0.333. The molecule has 8 heteroatoms. The van der Waals surface area contributed by atoms with E-state index in [2.05, 4.69) is 19.9 Å². The number of nitrogens with one attached hydrogen (secondary N) is 1. The Balaban J connectivity index is 1.67. The third kappa shape index (κ3) is 3.83. The first-order chi connectivity index (χ1) is 11.0. The minimum atomic E-state index is -2.88. The summed E-state index contributed by atoms with van der Waals surface area (Å²) < 4.78 is 28.4. The molecule has 1 aromatic heterocycles. The van der Waals surface area contributed by atoms with Gasteiger partial charge in [-0.15, -0.1) is 11.3 Å². The fourth-order valence-electron chi connectivity index (χ4n) is 2.33. The van der Waals surface area contributed by atoms with Crippen LogP contribution in [0.2, 0.25) is 0 Å². The Bertz CT molecular complexity index is 703. The number of alkyl halides is 2. The van der Waals surface area contributed by atoms with E-state index in [1.165, 1.54) is 35.6 Å². The van der Waals surface area contributed by atoms with E-state index in [0.29, 0.717) is 10.7 Å². The molecule has 0 saturated carbocycles. The molecule has 0 atom stereocenters.